The Morgan fingerprint density at radius 1 is 1.26 bits per heavy atom. The number of fused-ring (bicyclic) bond motifs is 1. The normalized spacial score (nSPS) is 23.6. The Balaban J connectivity index is 1.58. The van der Waals surface area contributed by atoms with Crippen LogP contribution in [0.3, 0.4) is 0 Å². The zero-order valence-electron chi connectivity index (χ0n) is 15.1. The molecule has 0 bridgehead atoms. The van der Waals surface area contributed by atoms with Gasteiger partial charge < -0.3 is 9.64 Å². The summed E-state index contributed by atoms with van der Waals surface area (Å²) in [6.45, 7) is 4.73. The summed E-state index contributed by atoms with van der Waals surface area (Å²) in [5.41, 5.74) is 2.42. The third-order valence-corrected chi connectivity index (χ3v) is 7.71. The SMILES string of the molecule is C[C@@H]1COCCN1c1nc(-c2ccn[nH]2)nc2c1CN(S(=O)(=O)C1CC1)C2. The Morgan fingerprint density at radius 2 is 2.11 bits per heavy atom. The first-order valence-corrected chi connectivity index (χ1v) is 10.8. The number of nitrogens with zero attached hydrogens (tertiary/aromatic N) is 5. The number of nitrogens with one attached hydrogen (secondary N) is 1. The summed E-state index contributed by atoms with van der Waals surface area (Å²) in [5, 5.41) is 6.67. The Hall–Kier alpha value is -2.04. The monoisotopic (exact) mass is 390 g/mol. The van der Waals surface area contributed by atoms with Crippen molar-refractivity contribution in [3.05, 3.63) is 23.5 Å². The molecule has 1 N–H and O–H groups in total. The van der Waals surface area contributed by atoms with E-state index >= 15 is 0 Å². The van der Waals surface area contributed by atoms with Crippen molar-refractivity contribution in [1.29, 1.82) is 0 Å². The zero-order chi connectivity index (χ0) is 18.6. The predicted molar refractivity (Wildman–Crippen MR) is 98.4 cm³/mol. The molecule has 1 saturated heterocycles. The first-order valence-electron chi connectivity index (χ1n) is 9.27. The summed E-state index contributed by atoms with van der Waals surface area (Å²) in [6, 6.07) is 1.99. The van der Waals surface area contributed by atoms with E-state index in [4.69, 9.17) is 9.72 Å². The van der Waals surface area contributed by atoms with E-state index in [2.05, 4.69) is 27.0 Å². The third kappa shape index (κ3) is 2.91. The number of anilines is 1. The van der Waals surface area contributed by atoms with E-state index in [9.17, 15) is 8.42 Å². The number of rotatable bonds is 4. The zero-order valence-corrected chi connectivity index (χ0v) is 15.9. The molecule has 1 atom stereocenters. The summed E-state index contributed by atoms with van der Waals surface area (Å²) in [6.07, 6.45) is 3.17. The van der Waals surface area contributed by atoms with Gasteiger partial charge in [-0.2, -0.15) is 9.40 Å². The summed E-state index contributed by atoms with van der Waals surface area (Å²) >= 11 is 0. The van der Waals surface area contributed by atoms with Crippen molar-refractivity contribution in [2.45, 2.75) is 44.1 Å². The fraction of sp³-hybridized carbons (Fsp3) is 0.588. The maximum absolute atomic E-state index is 12.8. The molecule has 4 heterocycles. The van der Waals surface area contributed by atoms with Crippen LogP contribution in [0.1, 0.15) is 31.0 Å². The highest BCUT2D eigenvalue weighted by Gasteiger charge is 2.43. The van der Waals surface area contributed by atoms with Gasteiger partial charge in [-0.05, 0) is 25.8 Å². The molecule has 0 spiro atoms. The molecule has 1 saturated carbocycles. The lowest BCUT2D eigenvalue weighted by atomic mass is 10.2. The highest BCUT2D eigenvalue weighted by molar-refractivity contribution is 7.90. The van der Waals surface area contributed by atoms with Crippen molar-refractivity contribution in [3.63, 3.8) is 0 Å². The highest BCUT2D eigenvalue weighted by Crippen LogP contribution is 2.38. The minimum Gasteiger partial charge on any atom is -0.377 e. The van der Waals surface area contributed by atoms with Crippen LogP contribution >= 0.6 is 0 Å². The number of aromatic nitrogens is 4. The van der Waals surface area contributed by atoms with E-state index in [1.807, 2.05) is 6.07 Å². The lowest BCUT2D eigenvalue weighted by Gasteiger charge is -2.35. The number of aromatic amines is 1. The number of sulfonamides is 1. The summed E-state index contributed by atoms with van der Waals surface area (Å²) in [5.74, 6) is 1.36. The van der Waals surface area contributed by atoms with Gasteiger partial charge in [0.05, 0.1) is 36.7 Å². The Kier molecular flexibility index (Phi) is 3.95. The lowest BCUT2D eigenvalue weighted by Crippen LogP contribution is -2.44. The first kappa shape index (κ1) is 17.1. The van der Waals surface area contributed by atoms with Gasteiger partial charge in [0.25, 0.3) is 0 Å². The van der Waals surface area contributed by atoms with Crippen molar-refractivity contribution < 1.29 is 13.2 Å². The van der Waals surface area contributed by atoms with Gasteiger partial charge >= 0.3 is 0 Å². The van der Waals surface area contributed by atoms with Gasteiger partial charge in [-0.3, -0.25) is 5.10 Å². The predicted octanol–water partition coefficient (Wildman–Crippen LogP) is 0.900. The van der Waals surface area contributed by atoms with Gasteiger partial charge in [0.15, 0.2) is 5.82 Å². The van der Waals surface area contributed by atoms with E-state index in [0.29, 0.717) is 32.1 Å². The molecule has 2 fully saturated rings. The maximum atomic E-state index is 12.8. The molecule has 144 valence electrons. The molecule has 5 rings (SSSR count). The number of H-pyrrole nitrogens is 1. The van der Waals surface area contributed by atoms with Gasteiger partial charge in [0.1, 0.15) is 11.5 Å². The first-order chi connectivity index (χ1) is 13.0. The molecule has 2 aromatic heterocycles. The molecule has 2 aliphatic heterocycles. The fourth-order valence-corrected chi connectivity index (χ4v) is 5.51. The van der Waals surface area contributed by atoms with Crippen molar-refractivity contribution >= 4 is 15.8 Å². The van der Waals surface area contributed by atoms with Gasteiger partial charge in [0, 0.05) is 24.8 Å². The van der Waals surface area contributed by atoms with Gasteiger partial charge in [-0.1, -0.05) is 0 Å². The third-order valence-electron chi connectivity index (χ3n) is 5.42. The topological polar surface area (TPSA) is 104 Å². The fourth-order valence-electron chi connectivity index (χ4n) is 3.75. The van der Waals surface area contributed by atoms with Crippen molar-refractivity contribution in [3.8, 4) is 11.5 Å². The second-order valence-electron chi connectivity index (χ2n) is 7.40. The summed E-state index contributed by atoms with van der Waals surface area (Å²) in [4.78, 5) is 11.7. The molecule has 0 radical (unpaired) electrons. The van der Waals surface area contributed by atoms with Gasteiger partial charge in [-0.15, -0.1) is 0 Å². The smallest absolute Gasteiger partial charge is 0.217 e. The highest BCUT2D eigenvalue weighted by atomic mass is 32.2. The minimum absolute atomic E-state index is 0.168. The van der Waals surface area contributed by atoms with E-state index in [1.165, 1.54) is 0 Å². The van der Waals surface area contributed by atoms with Crippen LogP contribution in [0, 0.1) is 0 Å². The van der Waals surface area contributed by atoms with Crippen LogP contribution < -0.4 is 4.90 Å². The van der Waals surface area contributed by atoms with Crippen molar-refractivity contribution in [2.75, 3.05) is 24.7 Å². The molecule has 9 nitrogen and oxygen atoms in total. The van der Waals surface area contributed by atoms with Crippen LogP contribution in [0.15, 0.2) is 12.3 Å². The summed E-state index contributed by atoms with van der Waals surface area (Å²) < 4.78 is 32.6. The second kappa shape index (κ2) is 6.25. The maximum Gasteiger partial charge on any atom is 0.217 e. The number of hydrogen-bond donors (Lipinski definition) is 1. The van der Waals surface area contributed by atoms with Crippen LogP contribution in [-0.2, 0) is 27.8 Å². The summed E-state index contributed by atoms with van der Waals surface area (Å²) in [7, 11) is -3.26. The van der Waals surface area contributed by atoms with E-state index < -0.39 is 10.0 Å². The van der Waals surface area contributed by atoms with E-state index in [1.54, 1.807) is 10.5 Å². The van der Waals surface area contributed by atoms with Gasteiger partial charge in [-0.25, -0.2) is 18.4 Å². The van der Waals surface area contributed by atoms with E-state index in [0.717, 1.165) is 42.2 Å². The largest absolute Gasteiger partial charge is 0.377 e. The standard InChI is InChI=1S/C17H22N6O3S/c1-11-10-26-7-6-23(11)17-13-8-22(27(24,25)12-2-3-12)9-15(13)19-16(20-17)14-4-5-18-21-14/h4-5,11-12H,2-3,6-10H2,1H3,(H,18,21)/t11-/m1/s1. The Morgan fingerprint density at radius 3 is 2.81 bits per heavy atom. The molecule has 10 heteroatoms. The molecular weight excluding hydrogens is 368 g/mol. The molecular formula is C17H22N6O3S. The molecule has 2 aromatic rings. The number of hydrogen-bond acceptors (Lipinski definition) is 7. The average molecular weight is 390 g/mol. The Bertz CT molecular complexity index is 957. The quantitative estimate of drug-likeness (QED) is 0.827. The Labute approximate surface area is 157 Å². The average Bonchev–Trinajstić information content (AvgIpc) is 3.21. The molecule has 1 aliphatic carbocycles. The molecule has 0 amide bonds. The molecule has 3 aliphatic rings. The lowest BCUT2D eigenvalue weighted by molar-refractivity contribution is 0.0984. The van der Waals surface area contributed by atoms with Crippen molar-refractivity contribution in [2.24, 2.45) is 0 Å². The van der Waals surface area contributed by atoms with Crippen LogP contribution in [0.2, 0.25) is 0 Å². The minimum atomic E-state index is -3.26. The van der Waals surface area contributed by atoms with Gasteiger partial charge in [0.2, 0.25) is 10.0 Å². The number of ether oxygens (including phenoxy) is 1. The molecule has 27 heavy (non-hydrogen) atoms. The van der Waals surface area contributed by atoms with Crippen LogP contribution in [0.25, 0.3) is 11.5 Å². The van der Waals surface area contributed by atoms with Crippen LogP contribution in [0.4, 0.5) is 5.82 Å². The van der Waals surface area contributed by atoms with Crippen LogP contribution in [0.5, 0.6) is 0 Å². The molecule has 0 aromatic carbocycles. The molecule has 0 unspecified atom stereocenters. The van der Waals surface area contributed by atoms with E-state index in [-0.39, 0.29) is 11.3 Å². The van der Waals surface area contributed by atoms with Crippen molar-refractivity contribution in [1.82, 2.24) is 24.5 Å². The van der Waals surface area contributed by atoms with Crippen LogP contribution in [-0.4, -0.2) is 63.9 Å². The number of morpholine rings is 1. The second-order valence-corrected chi connectivity index (χ2v) is 9.61.